The molecule has 0 radical (unpaired) electrons. The highest BCUT2D eigenvalue weighted by molar-refractivity contribution is 6.29. The van der Waals surface area contributed by atoms with Gasteiger partial charge in [-0.1, -0.05) is 37.6 Å². The number of fused-ring (bicyclic) bond motifs is 3. The number of ether oxygens (including phenoxy) is 1. The number of nitrogens with zero attached hydrogens (tertiary/aromatic N) is 3. The second-order valence-electron chi connectivity index (χ2n) is 7.40. The molecule has 7 heteroatoms. The fourth-order valence-corrected chi connectivity index (χ4v) is 4.06. The molecule has 0 saturated carbocycles. The maximum atomic E-state index is 14.6. The molecule has 5 nitrogen and oxygen atoms in total. The first kappa shape index (κ1) is 17.1. The number of H-pyrrole nitrogens is 1. The molecule has 1 aliphatic rings. The van der Waals surface area contributed by atoms with E-state index in [0.29, 0.717) is 16.7 Å². The molecule has 0 bridgehead atoms. The lowest BCUT2D eigenvalue weighted by molar-refractivity contribution is 0.353. The molecule has 0 aliphatic carbocycles. The van der Waals surface area contributed by atoms with Gasteiger partial charge in [0.1, 0.15) is 11.0 Å². The summed E-state index contributed by atoms with van der Waals surface area (Å²) in [6.07, 6.45) is 1.71. The van der Waals surface area contributed by atoms with Crippen LogP contribution in [0.5, 0.6) is 11.6 Å². The van der Waals surface area contributed by atoms with E-state index in [1.54, 1.807) is 18.3 Å². The van der Waals surface area contributed by atoms with E-state index in [9.17, 15) is 4.39 Å². The van der Waals surface area contributed by atoms with Crippen LogP contribution in [0, 0.1) is 5.82 Å². The summed E-state index contributed by atoms with van der Waals surface area (Å²) in [4.78, 5) is 16.7. The Balaban J connectivity index is 1.75. The van der Waals surface area contributed by atoms with Gasteiger partial charge in [-0.05, 0) is 30.3 Å². The number of nitrogens with one attached hydrogen (secondary N) is 1. The van der Waals surface area contributed by atoms with Crippen LogP contribution in [-0.2, 0) is 5.41 Å². The number of imidazole rings is 1. The Morgan fingerprint density at radius 1 is 1.07 bits per heavy atom. The van der Waals surface area contributed by atoms with E-state index < -0.39 is 11.2 Å². The summed E-state index contributed by atoms with van der Waals surface area (Å²) >= 11 is 6.06. The summed E-state index contributed by atoms with van der Waals surface area (Å²) in [6, 6.07) is 12.3. The predicted molar refractivity (Wildman–Crippen MR) is 104 cm³/mol. The van der Waals surface area contributed by atoms with Crippen molar-refractivity contribution < 1.29 is 9.13 Å². The van der Waals surface area contributed by atoms with E-state index in [-0.39, 0.29) is 11.7 Å². The van der Waals surface area contributed by atoms with Gasteiger partial charge in [-0.15, -0.1) is 0 Å². The summed E-state index contributed by atoms with van der Waals surface area (Å²) in [5.74, 6) is 0.572. The third kappa shape index (κ3) is 2.48. The number of halogens is 2. The van der Waals surface area contributed by atoms with Gasteiger partial charge in [0.2, 0.25) is 5.88 Å². The fourth-order valence-electron chi connectivity index (χ4n) is 3.92. The van der Waals surface area contributed by atoms with E-state index in [2.05, 4.69) is 28.8 Å². The van der Waals surface area contributed by atoms with E-state index in [1.807, 2.05) is 24.3 Å². The van der Waals surface area contributed by atoms with Crippen LogP contribution < -0.4 is 4.74 Å². The van der Waals surface area contributed by atoms with Crippen molar-refractivity contribution in [1.82, 2.24) is 19.9 Å². The number of para-hydroxylation sites is 1. The Morgan fingerprint density at radius 2 is 1.93 bits per heavy atom. The van der Waals surface area contributed by atoms with Gasteiger partial charge in [0, 0.05) is 28.7 Å². The standard InChI is InChI=1S/C21H16ClFN4O/c1-21(2,20-25-14-7-4-10-24-18(14)27-20)16-11-5-3-6-13(23)17(11)28-19-12(16)8-9-15(22)26-19/h3-10,16H,1-2H3,(H,24,25,27)/t16-/m0/s1. The molecule has 1 aromatic carbocycles. The highest BCUT2D eigenvalue weighted by Crippen LogP contribution is 2.52. The largest absolute Gasteiger partial charge is 0.435 e. The van der Waals surface area contributed by atoms with Gasteiger partial charge in [-0.25, -0.2) is 19.3 Å². The normalized spacial score (nSPS) is 15.8. The predicted octanol–water partition coefficient (Wildman–Crippen LogP) is 5.36. The number of aromatic amines is 1. The van der Waals surface area contributed by atoms with Crippen molar-refractivity contribution in [2.75, 3.05) is 0 Å². The van der Waals surface area contributed by atoms with Crippen molar-refractivity contribution in [3.63, 3.8) is 0 Å². The van der Waals surface area contributed by atoms with E-state index >= 15 is 0 Å². The molecule has 4 aromatic rings. The molecule has 5 rings (SSSR count). The van der Waals surface area contributed by atoms with Crippen LogP contribution in [-0.4, -0.2) is 19.9 Å². The van der Waals surface area contributed by atoms with Crippen LogP contribution in [0.1, 0.15) is 36.7 Å². The SMILES string of the molecule is CC(C)(c1nc2ncccc2[nH]1)[C@@H]1c2ccc(Cl)nc2Oc2c(F)cccc21. The molecule has 0 fully saturated rings. The van der Waals surface area contributed by atoms with Crippen molar-refractivity contribution in [1.29, 1.82) is 0 Å². The van der Waals surface area contributed by atoms with E-state index in [4.69, 9.17) is 21.3 Å². The molecule has 140 valence electrons. The number of rotatable bonds is 2. The van der Waals surface area contributed by atoms with E-state index in [0.717, 1.165) is 22.5 Å². The molecular weight excluding hydrogens is 379 g/mol. The Bertz CT molecular complexity index is 1190. The summed E-state index contributed by atoms with van der Waals surface area (Å²) in [5.41, 5.74) is 2.55. The molecule has 0 spiro atoms. The molecule has 0 unspecified atom stereocenters. The quantitative estimate of drug-likeness (QED) is 0.465. The molecule has 0 amide bonds. The first-order valence-corrected chi connectivity index (χ1v) is 9.27. The topological polar surface area (TPSA) is 63.7 Å². The Labute approximate surface area is 165 Å². The van der Waals surface area contributed by atoms with Gasteiger partial charge in [-0.3, -0.25) is 0 Å². The fraction of sp³-hybridized carbons (Fsp3) is 0.190. The molecule has 1 aliphatic heterocycles. The van der Waals surface area contributed by atoms with Gasteiger partial charge in [-0.2, -0.15) is 0 Å². The lowest BCUT2D eigenvalue weighted by atomic mass is 9.70. The minimum absolute atomic E-state index is 0.178. The van der Waals surface area contributed by atoms with Gasteiger partial charge >= 0.3 is 0 Å². The average molecular weight is 395 g/mol. The Morgan fingerprint density at radius 3 is 2.75 bits per heavy atom. The van der Waals surface area contributed by atoms with Gasteiger partial charge in [0.05, 0.1) is 5.52 Å². The Hall–Kier alpha value is -2.99. The maximum Gasteiger partial charge on any atom is 0.224 e. The lowest BCUT2D eigenvalue weighted by Gasteiger charge is -2.37. The highest BCUT2D eigenvalue weighted by atomic mass is 35.5. The zero-order valence-electron chi connectivity index (χ0n) is 15.2. The zero-order chi connectivity index (χ0) is 19.5. The monoisotopic (exact) mass is 394 g/mol. The van der Waals surface area contributed by atoms with Crippen molar-refractivity contribution >= 4 is 22.8 Å². The minimum Gasteiger partial charge on any atom is -0.435 e. The van der Waals surface area contributed by atoms with Crippen molar-refractivity contribution in [3.05, 3.63) is 76.6 Å². The average Bonchev–Trinajstić information content (AvgIpc) is 3.12. The number of hydrogen-bond donors (Lipinski definition) is 1. The first-order chi connectivity index (χ1) is 13.4. The number of benzene rings is 1. The second kappa shape index (κ2) is 6.01. The van der Waals surface area contributed by atoms with Gasteiger partial charge < -0.3 is 9.72 Å². The minimum atomic E-state index is -0.530. The molecule has 4 heterocycles. The van der Waals surface area contributed by atoms with Gasteiger partial charge in [0.15, 0.2) is 17.2 Å². The highest BCUT2D eigenvalue weighted by Gasteiger charge is 2.43. The number of pyridine rings is 2. The Kier molecular flexibility index (Phi) is 3.67. The molecule has 28 heavy (non-hydrogen) atoms. The zero-order valence-corrected chi connectivity index (χ0v) is 16.0. The lowest BCUT2D eigenvalue weighted by Crippen LogP contribution is -2.32. The van der Waals surface area contributed by atoms with Crippen LogP contribution in [0.2, 0.25) is 5.15 Å². The van der Waals surface area contributed by atoms with Gasteiger partial charge in [0.25, 0.3) is 0 Å². The van der Waals surface area contributed by atoms with Crippen molar-refractivity contribution in [2.24, 2.45) is 0 Å². The van der Waals surface area contributed by atoms with Crippen LogP contribution in [0.15, 0.2) is 48.7 Å². The summed E-state index contributed by atoms with van der Waals surface area (Å²) in [7, 11) is 0. The van der Waals surface area contributed by atoms with Crippen LogP contribution in [0.3, 0.4) is 0 Å². The molecule has 1 N–H and O–H groups in total. The molecule has 0 saturated heterocycles. The first-order valence-electron chi connectivity index (χ1n) is 8.89. The summed E-state index contributed by atoms with van der Waals surface area (Å²) in [6.45, 7) is 4.13. The van der Waals surface area contributed by atoms with Crippen LogP contribution in [0.4, 0.5) is 4.39 Å². The molecule has 1 atom stereocenters. The smallest absolute Gasteiger partial charge is 0.224 e. The third-order valence-electron chi connectivity index (χ3n) is 5.26. The number of aromatic nitrogens is 4. The molecule has 3 aromatic heterocycles. The van der Waals surface area contributed by atoms with E-state index in [1.165, 1.54) is 6.07 Å². The summed E-state index contributed by atoms with van der Waals surface area (Å²) < 4.78 is 20.4. The molecular formula is C21H16ClFN4O. The third-order valence-corrected chi connectivity index (χ3v) is 5.47. The van der Waals surface area contributed by atoms with Crippen LogP contribution in [0.25, 0.3) is 11.2 Å². The van der Waals surface area contributed by atoms with Crippen LogP contribution >= 0.6 is 11.6 Å². The van der Waals surface area contributed by atoms with Crippen molar-refractivity contribution in [3.8, 4) is 11.6 Å². The second-order valence-corrected chi connectivity index (χ2v) is 7.79. The van der Waals surface area contributed by atoms with Crippen molar-refractivity contribution in [2.45, 2.75) is 25.2 Å². The number of hydrogen-bond acceptors (Lipinski definition) is 4. The summed E-state index contributed by atoms with van der Waals surface area (Å²) in [5, 5.41) is 0.294. The maximum absolute atomic E-state index is 14.6.